The minimum absolute atomic E-state index is 0.173. The molecular weight excluding hydrogens is 284 g/mol. The van der Waals surface area contributed by atoms with Crippen LogP contribution in [-0.2, 0) is 4.79 Å². The van der Waals surface area contributed by atoms with E-state index in [1.165, 1.54) is 0 Å². The van der Waals surface area contributed by atoms with Crippen molar-refractivity contribution in [2.75, 3.05) is 11.9 Å². The Balaban J connectivity index is 2.23. The van der Waals surface area contributed by atoms with Crippen molar-refractivity contribution in [3.63, 3.8) is 0 Å². The fourth-order valence-electron chi connectivity index (χ4n) is 1.73. The Bertz CT molecular complexity index is 543. The number of amides is 1. The number of carbonyl (C=O) groups is 1. The van der Waals surface area contributed by atoms with Crippen molar-refractivity contribution < 1.29 is 4.79 Å². The Kier molecular flexibility index (Phi) is 4.01. The quantitative estimate of drug-likeness (QED) is 0.635. The van der Waals surface area contributed by atoms with Crippen LogP contribution in [0.15, 0.2) is 29.4 Å². The van der Waals surface area contributed by atoms with Gasteiger partial charge in [-0.1, -0.05) is 12.1 Å². The summed E-state index contributed by atoms with van der Waals surface area (Å²) in [6.07, 6.45) is 0.231. The third kappa shape index (κ3) is 3.02. The first-order valence-corrected chi connectivity index (χ1v) is 6.47. The van der Waals surface area contributed by atoms with Crippen LogP contribution >= 0.6 is 23.8 Å². The van der Waals surface area contributed by atoms with Crippen molar-refractivity contribution in [1.29, 1.82) is 0 Å². The lowest BCUT2D eigenvalue weighted by molar-refractivity contribution is -0.121. The summed E-state index contributed by atoms with van der Waals surface area (Å²) >= 11 is 11.0. The van der Waals surface area contributed by atoms with Crippen molar-refractivity contribution in [2.45, 2.75) is 11.8 Å². The number of thiocarbonyl (C=S) groups is 1. The predicted octanol–water partition coefficient (Wildman–Crippen LogP) is 1.20. The maximum atomic E-state index is 11.1. The molecule has 0 aliphatic carbocycles. The number of hydrazone groups is 1. The van der Waals surface area contributed by atoms with E-state index in [2.05, 4.69) is 10.5 Å². The first-order chi connectivity index (χ1) is 8.99. The number of anilines is 1. The third-order valence-corrected chi connectivity index (χ3v) is 3.48. The minimum Gasteiger partial charge on any atom is -0.376 e. The lowest BCUT2D eigenvalue weighted by atomic mass is 10.0. The highest BCUT2D eigenvalue weighted by atomic mass is 35.5. The summed E-state index contributed by atoms with van der Waals surface area (Å²) in [7, 11) is 1.79. The van der Waals surface area contributed by atoms with E-state index in [4.69, 9.17) is 29.6 Å². The van der Waals surface area contributed by atoms with E-state index < -0.39 is 5.38 Å². The Morgan fingerprint density at radius 2 is 2.16 bits per heavy atom. The van der Waals surface area contributed by atoms with Gasteiger partial charge in [-0.2, -0.15) is 5.10 Å². The zero-order valence-electron chi connectivity index (χ0n) is 10.3. The summed E-state index contributed by atoms with van der Waals surface area (Å²) in [4.78, 5) is 12.8. The zero-order chi connectivity index (χ0) is 14.0. The molecule has 0 saturated heterocycles. The topological polar surface area (TPSA) is 70.7 Å². The lowest BCUT2D eigenvalue weighted by Crippen LogP contribution is -2.34. The number of nitrogens with two attached hydrogens (primary N) is 1. The summed E-state index contributed by atoms with van der Waals surface area (Å²) in [5, 5.41) is 3.88. The highest BCUT2D eigenvalue weighted by Gasteiger charge is 2.23. The van der Waals surface area contributed by atoms with Gasteiger partial charge in [-0.25, -0.2) is 5.43 Å². The Hall–Kier alpha value is -1.66. The van der Waals surface area contributed by atoms with E-state index in [1.807, 2.05) is 24.3 Å². The van der Waals surface area contributed by atoms with Gasteiger partial charge in [-0.15, -0.1) is 11.6 Å². The maximum absolute atomic E-state index is 11.1. The average Bonchev–Trinajstić information content (AvgIpc) is 2.38. The van der Waals surface area contributed by atoms with Crippen LogP contribution < -0.4 is 16.1 Å². The molecule has 0 saturated carbocycles. The molecular formula is C12H13ClN4OS. The first kappa shape index (κ1) is 13.8. The van der Waals surface area contributed by atoms with Crippen molar-refractivity contribution in [2.24, 2.45) is 10.8 Å². The number of alkyl halides is 1. The largest absolute Gasteiger partial charge is 0.376 e. The van der Waals surface area contributed by atoms with E-state index in [-0.39, 0.29) is 12.3 Å². The zero-order valence-corrected chi connectivity index (χ0v) is 11.8. The van der Waals surface area contributed by atoms with Gasteiger partial charge in [0.25, 0.3) is 0 Å². The van der Waals surface area contributed by atoms with E-state index >= 15 is 0 Å². The van der Waals surface area contributed by atoms with Gasteiger partial charge in [0, 0.05) is 12.7 Å². The number of hydrogen-bond donors (Lipinski definition) is 2. The normalized spacial score (nSPS) is 18.5. The molecule has 0 radical (unpaired) electrons. The van der Waals surface area contributed by atoms with Crippen LogP contribution in [0.25, 0.3) is 0 Å². The third-order valence-electron chi connectivity index (χ3n) is 2.84. The molecule has 0 fully saturated rings. The predicted molar refractivity (Wildman–Crippen MR) is 80.6 cm³/mol. The molecule has 7 heteroatoms. The number of hydrogen-bond acceptors (Lipinski definition) is 3. The highest BCUT2D eigenvalue weighted by molar-refractivity contribution is 7.80. The average molecular weight is 297 g/mol. The molecule has 3 N–H and O–H groups in total. The fraction of sp³-hybridized carbons (Fsp3) is 0.250. The van der Waals surface area contributed by atoms with Crippen LogP contribution in [0.5, 0.6) is 0 Å². The van der Waals surface area contributed by atoms with Crippen molar-refractivity contribution >= 4 is 46.2 Å². The van der Waals surface area contributed by atoms with E-state index in [0.29, 0.717) is 10.8 Å². The van der Waals surface area contributed by atoms with Gasteiger partial charge in [-0.05, 0) is 29.9 Å². The molecule has 1 atom stereocenters. The summed E-state index contributed by atoms with van der Waals surface area (Å²) < 4.78 is 0. The molecule has 100 valence electrons. The second kappa shape index (κ2) is 5.54. The molecule has 0 spiro atoms. The Labute approximate surface area is 121 Å². The summed E-state index contributed by atoms with van der Waals surface area (Å²) in [5.74, 6) is -0.173. The minimum atomic E-state index is -0.409. The van der Waals surface area contributed by atoms with Gasteiger partial charge >= 0.3 is 0 Å². The number of halogens is 1. The molecule has 19 heavy (non-hydrogen) atoms. The number of nitrogens with zero attached hydrogens (tertiary/aromatic N) is 2. The van der Waals surface area contributed by atoms with Gasteiger partial charge in [0.15, 0.2) is 5.11 Å². The van der Waals surface area contributed by atoms with Crippen molar-refractivity contribution in [1.82, 2.24) is 5.43 Å². The number of benzene rings is 1. The number of nitrogens with one attached hydrogen (secondary N) is 1. The van der Waals surface area contributed by atoms with E-state index in [1.54, 1.807) is 11.9 Å². The molecule has 1 aliphatic heterocycles. The Morgan fingerprint density at radius 3 is 2.68 bits per heavy atom. The van der Waals surface area contributed by atoms with Crippen LogP contribution in [0.4, 0.5) is 5.69 Å². The highest BCUT2D eigenvalue weighted by Crippen LogP contribution is 2.19. The van der Waals surface area contributed by atoms with Gasteiger partial charge < -0.3 is 10.6 Å². The van der Waals surface area contributed by atoms with Gasteiger partial charge in [0.05, 0.1) is 17.5 Å². The Morgan fingerprint density at radius 1 is 1.53 bits per heavy atom. The lowest BCUT2D eigenvalue weighted by Gasteiger charge is -2.19. The molecule has 1 aliphatic rings. The van der Waals surface area contributed by atoms with Crippen molar-refractivity contribution in [3.05, 3.63) is 29.8 Å². The second-order valence-corrected chi connectivity index (χ2v) is 5.09. The second-order valence-electron chi connectivity index (χ2n) is 4.15. The van der Waals surface area contributed by atoms with Gasteiger partial charge in [-0.3, -0.25) is 4.79 Å². The van der Waals surface area contributed by atoms with Gasteiger partial charge in [0.1, 0.15) is 0 Å². The van der Waals surface area contributed by atoms with Gasteiger partial charge in [0.2, 0.25) is 5.91 Å². The van der Waals surface area contributed by atoms with Crippen LogP contribution in [-0.4, -0.2) is 29.2 Å². The molecule has 0 aromatic heterocycles. The molecule has 2 rings (SSSR count). The molecule has 1 heterocycles. The van der Waals surface area contributed by atoms with Crippen LogP contribution in [0.3, 0.4) is 0 Å². The monoisotopic (exact) mass is 296 g/mol. The SMILES string of the molecule is CN(C(N)=S)c1ccc(C2=NNC(=O)CC2Cl)cc1. The molecule has 0 bridgehead atoms. The molecule has 1 aromatic carbocycles. The summed E-state index contributed by atoms with van der Waals surface area (Å²) in [6, 6.07) is 7.49. The molecule has 1 amide bonds. The fourth-order valence-corrected chi connectivity index (χ4v) is 2.15. The first-order valence-electron chi connectivity index (χ1n) is 5.63. The molecule has 5 nitrogen and oxygen atoms in total. The van der Waals surface area contributed by atoms with Crippen LogP contribution in [0.2, 0.25) is 0 Å². The molecule has 1 unspecified atom stereocenters. The number of carbonyl (C=O) groups excluding carboxylic acids is 1. The maximum Gasteiger partial charge on any atom is 0.241 e. The smallest absolute Gasteiger partial charge is 0.241 e. The van der Waals surface area contributed by atoms with E-state index in [0.717, 1.165) is 11.3 Å². The van der Waals surface area contributed by atoms with Crippen LogP contribution in [0.1, 0.15) is 12.0 Å². The standard InChI is InChI=1S/C12H13ClN4OS/c1-17(12(14)19)8-4-2-7(3-5-8)11-9(13)6-10(18)15-16-11/h2-5,9H,6H2,1H3,(H2,14,19)(H,15,18). The van der Waals surface area contributed by atoms with Crippen LogP contribution in [0, 0.1) is 0 Å². The summed E-state index contributed by atoms with van der Waals surface area (Å²) in [5.41, 5.74) is 10.4. The van der Waals surface area contributed by atoms with Crippen molar-refractivity contribution in [3.8, 4) is 0 Å². The molecule has 1 aromatic rings. The summed E-state index contributed by atoms with van der Waals surface area (Å²) in [6.45, 7) is 0. The number of rotatable bonds is 2. The van der Waals surface area contributed by atoms with E-state index in [9.17, 15) is 4.79 Å².